The predicted molar refractivity (Wildman–Crippen MR) is 110 cm³/mol. The molecule has 2 aliphatic carbocycles. The molecular weight excluding hydrogens is 348 g/mol. The molecule has 2 saturated carbocycles. The number of ether oxygens (including phenoxy) is 2. The standard InChI is InChI=1S/C25H30O3/c1-17(25(26)27-2)24(19-11-12-19)20-9-6-10-23(15-20)28-16-22-14-21(22)13-18-7-4-3-5-8-18/h3-10,15,17,19,21-22,24H,11-14,16H2,1-2H3/t17-,21?,22?,24-/m0/s1. The molecule has 0 aliphatic heterocycles. The lowest BCUT2D eigenvalue weighted by atomic mass is 9.83. The Kier molecular flexibility index (Phi) is 5.70. The molecular formula is C25H30O3. The summed E-state index contributed by atoms with van der Waals surface area (Å²) in [5, 5.41) is 0. The Bertz CT molecular complexity index is 796. The fourth-order valence-electron chi connectivity index (χ4n) is 4.45. The molecule has 0 heterocycles. The first-order valence-electron chi connectivity index (χ1n) is 10.5. The molecule has 0 saturated heterocycles. The zero-order valence-corrected chi connectivity index (χ0v) is 16.8. The van der Waals surface area contributed by atoms with E-state index in [0.29, 0.717) is 11.8 Å². The highest BCUT2D eigenvalue weighted by Crippen LogP contribution is 2.47. The zero-order valence-electron chi connectivity index (χ0n) is 16.8. The van der Waals surface area contributed by atoms with Crippen molar-refractivity contribution in [3.8, 4) is 5.75 Å². The monoisotopic (exact) mass is 378 g/mol. The molecule has 0 N–H and O–H groups in total. The number of methoxy groups -OCH3 is 1. The third kappa shape index (κ3) is 4.57. The van der Waals surface area contributed by atoms with Crippen LogP contribution in [0.2, 0.25) is 0 Å². The molecule has 28 heavy (non-hydrogen) atoms. The lowest BCUT2D eigenvalue weighted by Gasteiger charge is -2.23. The van der Waals surface area contributed by atoms with Crippen molar-refractivity contribution in [2.24, 2.45) is 23.7 Å². The van der Waals surface area contributed by atoms with E-state index in [1.54, 1.807) is 0 Å². The number of hydrogen-bond donors (Lipinski definition) is 0. The van der Waals surface area contributed by atoms with Crippen LogP contribution in [0.4, 0.5) is 0 Å². The Balaban J connectivity index is 1.34. The van der Waals surface area contributed by atoms with E-state index in [-0.39, 0.29) is 17.8 Å². The highest BCUT2D eigenvalue weighted by Gasteiger charge is 2.39. The molecule has 0 radical (unpaired) electrons. The van der Waals surface area contributed by atoms with Gasteiger partial charge in [0.05, 0.1) is 19.6 Å². The minimum Gasteiger partial charge on any atom is -0.493 e. The van der Waals surface area contributed by atoms with E-state index in [1.807, 2.05) is 13.0 Å². The number of rotatable bonds is 9. The molecule has 2 aromatic rings. The lowest BCUT2D eigenvalue weighted by Crippen LogP contribution is -2.22. The molecule has 4 rings (SSSR count). The van der Waals surface area contributed by atoms with Crippen molar-refractivity contribution in [3.63, 3.8) is 0 Å². The SMILES string of the molecule is COC(=O)[C@@H](C)[C@H](c1cccc(OCC2CC2Cc2ccccc2)c1)C1CC1. The maximum Gasteiger partial charge on any atom is 0.309 e. The van der Waals surface area contributed by atoms with Crippen molar-refractivity contribution >= 4 is 5.97 Å². The summed E-state index contributed by atoms with van der Waals surface area (Å²) in [5.74, 6) is 2.88. The minimum absolute atomic E-state index is 0.119. The number of hydrogen-bond acceptors (Lipinski definition) is 3. The molecule has 0 spiro atoms. The third-order valence-electron chi connectivity index (χ3n) is 6.36. The summed E-state index contributed by atoms with van der Waals surface area (Å²) in [7, 11) is 1.48. The number of esters is 1. The molecule has 148 valence electrons. The van der Waals surface area contributed by atoms with Crippen LogP contribution in [0.3, 0.4) is 0 Å². The van der Waals surface area contributed by atoms with Crippen LogP contribution in [0.25, 0.3) is 0 Å². The Morgan fingerprint density at radius 1 is 1.07 bits per heavy atom. The van der Waals surface area contributed by atoms with Crippen molar-refractivity contribution in [1.82, 2.24) is 0 Å². The van der Waals surface area contributed by atoms with Gasteiger partial charge >= 0.3 is 5.97 Å². The van der Waals surface area contributed by atoms with Crippen LogP contribution in [-0.4, -0.2) is 19.7 Å². The van der Waals surface area contributed by atoms with Gasteiger partial charge in [-0.15, -0.1) is 0 Å². The predicted octanol–water partition coefficient (Wildman–Crippen LogP) is 5.25. The maximum atomic E-state index is 12.1. The van der Waals surface area contributed by atoms with E-state index < -0.39 is 0 Å². The van der Waals surface area contributed by atoms with Crippen molar-refractivity contribution in [1.29, 1.82) is 0 Å². The topological polar surface area (TPSA) is 35.5 Å². The second-order valence-corrected chi connectivity index (χ2v) is 8.50. The van der Waals surface area contributed by atoms with E-state index in [4.69, 9.17) is 9.47 Å². The first-order valence-corrected chi connectivity index (χ1v) is 10.5. The van der Waals surface area contributed by atoms with Gasteiger partial charge in [0, 0.05) is 0 Å². The number of carbonyl (C=O) groups is 1. The van der Waals surface area contributed by atoms with Gasteiger partial charge in [0.1, 0.15) is 5.75 Å². The van der Waals surface area contributed by atoms with Gasteiger partial charge in [0.15, 0.2) is 0 Å². The van der Waals surface area contributed by atoms with Crippen LogP contribution in [-0.2, 0) is 16.0 Å². The molecule has 2 aliphatic rings. The second kappa shape index (κ2) is 8.38. The molecule has 0 amide bonds. The van der Waals surface area contributed by atoms with Crippen LogP contribution in [0.15, 0.2) is 54.6 Å². The average molecular weight is 379 g/mol. The fraction of sp³-hybridized carbons (Fsp3) is 0.480. The molecule has 2 unspecified atom stereocenters. The van der Waals surface area contributed by atoms with E-state index in [1.165, 1.54) is 37.5 Å². The van der Waals surface area contributed by atoms with Crippen molar-refractivity contribution in [3.05, 3.63) is 65.7 Å². The summed E-state index contributed by atoms with van der Waals surface area (Å²) < 4.78 is 11.1. The molecule has 3 nitrogen and oxygen atoms in total. The number of benzene rings is 2. The second-order valence-electron chi connectivity index (χ2n) is 8.50. The van der Waals surface area contributed by atoms with Gasteiger partial charge in [0.25, 0.3) is 0 Å². The Labute approximate surface area is 168 Å². The number of carbonyl (C=O) groups excluding carboxylic acids is 1. The van der Waals surface area contributed by atoms with Crippen molar-refractivity contribution in [2.75, 3.05) is 13.7 Å². The zero-order chi connectivity index (χ0) is 19.5. The molecule has 2 aromatic carbocycles. The average Bonchev–Trinajstić information content (AvgIpc) is 3.65. The summed E-state index contributed by atoms with van der Waals surface area (Å²) >= 11 is 0. The van der Waals surface area contributed by atoms with Crippen LogP contribution in [0, 0.1) is 23.7 Å². The quantitative estimate of drug-likeness (QED) is 0.559. The Morgan fingerprint density at radius 2 is 1.86 bits per heavy atom. The summed E-state index contributed by atoms with van der Waals surface area (Å²) in [6, 6.07) is 19.1. The van der Waals surface area contributed by atoms with Crippen LogP contribution >= 0.6 is 0 Å². The van der Waals surface area contributed by atoms with E-state index in [2.05, 4.69) is 48.5 Å². The largest absolute Gasteiger partial charge is 0.493 e. The van der Waals surface area contributed by atoms with E-state index >= 15 is 0 Å². The molecule has 3 heteroatoms. The van der Waals surface area contributed by atoms with E-state index in [9.17, 15) is 4.79 Å². The van der Waals surface area contributed by atoms with Gasteiger partial charge in [0.2, 0.25) is 0 Å². The minimum atomic E-state index is -0.120. The summed E-state index contributed by atoms with van der Waals surface area (Å²) in [5.41, 5.74) is 2.62. The summed E-state index contributed by atoms with van der Waals surface area (Å²) in [6.07, 6.45) is 4.79. The van der Waals surface area contributed by atoms with Crippen LogP contribution < -0.4 is 4.74 Å². The smallest absolute Gasteiger partial charge is 0.309 e. The van der Waals surface area contributed by atoms with E-state index in [0.717, 1.165) is 24.7 Å². The van der Waals surface area contributed by atoms with Gasteiger partial charge in [-0.2, -0.15) is 0 Å². The molecule has 0 bridgehead atoms. The van der Waals surface area contributed by atoms with Gasteiger partial charge in [-0.25, -0.2) is 0 Å². The Morgan fingerprint density at radius 3 is 2.57 bits per heavy atom. The van der Waals surface area contributed by atoms with Gasteiger partial charge < -0.3 is 9.47 Å². The normalized spacial score (nSPS) is 22.9. The summed E-state index contributed by atoms with van der Waals surface area (Å²) in [6.45, 7) is 2.77. The first-order chi connectivity index (χ1) is 13.7. The Hall–Kier alpha value is -2.29. The van der Waals surface area contributed by atoms with Crippen molar-refractivity contribution in [2.45, 2.75) is 38.5 Å². The van der Waals surface area contributed by atoms with Gasteiger partial charge in [-0.1, -0.05) is 49.4 Å². The highest BCUT2D eigenvalue weighted by atomic mass is 16.5. The lowest BCUT2D eigenvalue weighted by molar-refractivity contribution is -0.145. The van der Waals surface area contributed by atoms with Gasteiger partial charge in [-0.3, -0.25) is 4.79 Å². The molecule has 4 atom stereocenters. The van der Waals surface area contributed by atoms with Gasteiger partial charge in [-0.05, 0) is 72.6 Å². The highest BCUT2D eigenvalue weighted by molar-refractivity contribution is 5.73. The first kappa shape index (κ1) is 19.0. The molecule has 0 aromatic heterocycles. The summed E-state index contributed by atoms with van der Waals surface area (Å²) in [4.78, 5) is 12.1. The van der Waals surface area contributed by atoms with Crippen LogP contribution in [0.1, 0.15) is 43.2 Å². The molecule has 2 fully saturated rings. The maximum absolute atomic E-state index is 12.1. The third-order valence-corrected chi connectivity index (χ3v) is 6.36. The fourth-order valence-corrected chi connectivity index (χ4v) is 4.45. The van der Waals surface area contributed by atoms with Crippen LogP contribution in [0.5, 0.6) is 5.75 Å². The van der Waals surface area contributed by atoms with Crippen molar-refractivity contribution < 1.29 is 14.3 Å².